The predicted octanol–water partition coefficient (Wildman–Crippen LogP) is 1.75. The first-order valence-electron chi connectivity index (χ1n) is 9.81. The minimum atomic E-state index is 0.596. The molecule has 2 aliphatic rings. The second-order valence-electron chi connectivity index (χ2n) is 6.93. The van der Waals surface area contributed by atoms with E-state index >= 15 is 0 Å². The number of rotatable bonds is 6. The van der Waals surface area contributed by atoms with Gasteiger partial charge in [0.05, 0.1) is 19.8 Å². The zero-order chi connectivity index (χ0) is 18.2. The van der Waals surface area contributed by atoms with E-state index in [0.717, 1.165) is 57.6 Å². The number of aliphatic imine (C=N–C) groups is 1. The summed E-state index contributed by atoms with van der Waals surface area (Å²) >= 11 is 0. The van der Waals surface area contributed by atoms with Crippen molar-refractivity contribution in [2.45, 2.75) is 26.3 Å². The summed E-state index contributed by atoms with van der Waals surface area (Å²) < 4.78 is 11.3. The van der Waals surface area contributed by atoms with Crippen molar-refractivity contribution >= 4 is 5.96 Å². The van der Waals surface area contributed by atoms with Gasteiger partial charge in [-0.2, -0.15) is 0 Å². The number of hydrogen-bond acceptors (Lipinski definition) is 4. The van der Waals surface area contributed by atoms with E-state index in [9.17, 15) is 0 Å². The van der Waals surface area contributed by atoms with Crippen molar-refractivity contribution in [3.05, 3.63) is 29.8 Å². The highest BCUT2D eigenvalue weighted by molar-refractivity contribution is 5.80. The van der Waals surface area contributed by atoms with Gasteiger partial charge in [-0.15, -0.1) is 0 Å². The first-order chi connectivity index (χ1) is 12.8. The van der Waals surface area contributed by atoms with Gasteiger partial charge < -0.3 is 19.7 Å². The third-order valence-corrected chi connectivity index (χ3v) is 5.00. The second-order valence-corrected chi connectivity index (χ2v) is 6.93. The Morgan fingerprint density at radius 3 is 2.73 bits per heavy atom. The molecule has 0 amide bonds. The molecule has 6 heteroatoms. The lowest BCUT2D eigenvalue weighted by Crippen LogP contribution is -2.46. The van der Waals surface area contributed by atoms with Gasteiger partial charge in [0.1, 0.15) is 12.4 Å². The van der Waals surface area contributed by atoms with Gasteiger partial charge in [-0.05, 0) is 32.4 Å². The van der Waals surface area contributed by atoms with Crippen LogP contribution in [0.1, 0.15) is 18.9 Å². The molecule has 0 bridgehead atoms. The monoisotopic (exact) mass is 360 g/mol. The van der Waals surface area contributed by atoms with Crippen LogP contribution in [0.3, 0.4) is 0 Å². The van der Waals surface area contributed by atoms with Gasteiger partial charge in [0, 0.05) is 38.8 Å². The molecule has 26 heavy (non-hydrogen) atoms. The van der Waals surface area contributed by atoms with Crippen LogP contribution in [0.4, 0.5) is 0 Å². The van der Waals surface area contributed by atoms with Crippen molar-refractivity contribution < 1.29 is 9.47 Å². The zero-order valence-corrected chi connectivity index (χ0v) is 16.1. The lowest BCUT2D eigenvalue weighted by Gasteiger charge is -2.32. The molecule has 144 valence electrons. The normalized spacial score (nSPS) is 21.8. The Kier molecular flexibility index (Phi) is 7.14. The number of ether oxygens (including phenoxy) is 2. The molecule has 0 aliphatic carbocycles. The van der Waals surface area contributed by atoms with E-state index in [2.05, 4.69) is 41.1 Å². The minimum Gasteiger partial charge on any atom is -0.492 e. The molecule has 0 saturated carbocycles. The van der Waals surface area contributed by atoms with Crippen molar-refractivity contribution in [2.24, 2.45) is 4.99 Å². The van der Waals surface area contributed by atoms with Crippen LogP contribution in [0.25, 0.3) is 0 Å². The summed E-state index contributed by atoms with van der Waals surface area (Å²) in [7, 11) is 0. The summed E-state index contributed by atoms with van der Waals surface area (Å²) in [4.78, 5) is 9.72. The molecule has 2 saturated heterocycles. The van der Waals surface area contributed by atoms with Crippen LogP contribution in [-0.2, 0) is 4.74 Å². The Morgan fingerprint density at radius 1 is 1.23 bits per heavy atom. The predicted molar refractivity (Wildman–Crippen MR) is 105 cm³/mol. The zero-order valence-electron chi connectivity index (χ0n) is 16.1. The van der Waals surface area contributed by atoms with Gasteiger partial charge in [0.2, 0.25) is 0 Å². The standard InChI is InChI=1S/C20H32N4O2/c1-3-21-20(22-9-13-26-19-6-4-17(2)5-7-19)24-10-8-18(16-24)23-11-14-25-15-12-23/h4-7,18H,3,8-16H2,1-2H3,(H,21,22). The fourth-order valence-electron chi connectivity index (χ4n) is 3.55. The van der Waals surface area contributed by atoms with Gasteiger partial charge in [0.15, 0.2) is 5.96 Å². The van der Waals surface area contributed by atoms with Crippen LogP contribution in [0, 0.1) is 6.92 Å². The summed E-state index contributed by atoms with van der Waals surface area (Å²) in [5, 5.41) is 3.43. The SMILES string of the molecule is CCNC(=NCCOc1ccc(C)cc1)N1CCC(N2CCOCC2)C1. The number of benzene rings is 1. The van der Waals surface area contributed by atoms with Crippen LogP contribution in [0.15, 0.2) is 29.3 Å². The fraction of sp³-hybridized carbons (Fsp3) is 0.650. The summed E-state index contributed by atoms with van der Waals surface area (Å²) in [6.45, 7) is 12.3. The molecule has 1 aromatic rings. The Bertz CT molecular complexity index is 570. The Labute approximate surface area is 157 Å². The molecule has 2 aliphatic heterocycles. The second kappa shape index (κ2) is 9.78. The average molecular weight is 361 g/mol. The Balaban J connectivity index is 1.48. The summed E-state index contributed by atoms with van der Waals surface area (Å²) in [6.07, 6.45) is 1.20. The number of nitrogens with one attached hydrogen (secondary N) is 1. The number of aryl methyl sites for hydroxylation is 1. The fourth-order valence-corrected chi connectivity index (χ4v) is 3.55. The first kappa shape index (κ1) is 19.0. The molecule has 1 unspecified atom stereocenters. The highest BCUT2D eigenvalue weighted by Crippen LogP contribution is 2.17. The van der Waals surface area contributed by atoms with E-state index in [0.29, 0.717) is 19.2 Å². The number of guanidine groups is 1. The molecule has 2 heterocycles. The van der Waals surface area contributed by atoms with Crippen LogP contribution < -0.4 is 10.1 Å². The van der Waals surface area contributed by atoms with E-state index in [4.69, 9.17) is 14.5 Å². The summed E-state index contributed by atoms with van der Waals surface area (Å²) in [5.74, 6) is 1.92. The number of likely N-dealkylation sites (tertiary alicyclic amines) is 1. The van der Waals surface area contributed by atoms with Gasteiger partial charge in [-0.3, -0.25) is 4.90 Å². The maximum absolute atomic E-state index is 5.79. The Hall–Kier alpha value is -1.79. The van der Waals surface area contributed by atoms with Gasteiger partial charge >= 0.3 is 0 Å². The van der Waals surface area contributed by atoms with Crippen LogP contribution in [-0.4, -0.2) is 80.9 Å². The van der Waals surface area contributed by atoms with Crippen LogP contribution >= 0.6 is 0 Å². The third-order valence-electron chi connectivity index (χ3n) is 5.00. The molecule has 0 aromatic heterocycles. The molecule has 0 radical (unpaired) electrons. The average Bonchev–Trinajstić information content (AvgIpc) is 3.16. The third kappa shape index (κ3) is 5.35. The smallest absolute Gasteiger partial charge is 0.194 e. The molecular weight excluding hydrogens is 328 g/mol. The molecule has 1 atom stereocenters. The topological polar surface area (TPSA) is 49.3 Å². The molecule has 1 aromatic carbocycles. The van der Waals surface area contributed by atoms with Gasteiger partial charge in [0.25, 0.3) is 0 Å². The number of hydrogen-bond donors (Lipinski definition) is 1. The number of nitrogens with zero attached hydrogens (tertiary/aromatic N) is 3. The van der Waals surface area contributed by atoms with Crippen molar-refractivity contribution in [1.82, 2.24) is 15.1 Å². The quantitative estimate of drug-likeness (QED) is 0.476. The molecule has 2 fully saturated rings. The van der Waals surface area contributed by atoms with E-state index in [-0.39, 0.29) is 0 Å². The van der Waals surface area contributed by atoms with E-state index in [1.54, 1.807) is 0 Å². The maximum atomic E-state index is 5.79. The number of morpholine rings is 1. The van der Waals surface area contributed by atoms with Crippen LogP contribution in [0.2, 0.25) is 0 Å². The molecule has 1 N–H and O–H groups in total. The molecule has 0 spiro atoms. The molecule has 3 rings (SSSR count). The van der Waals surface area contributed by atoms with Crippen molar-refractivity contribution in [3.63, 3.8) is 0 Å². The van der Waals surface area contributed by atoms with E-state index in [1.807, 2.05) is 12.1 Å². The lowest BCUT2D eigenvalue weighted by atomic mass is 10.2. The van der Waals surface area contributed by atoms with Gasteiger partial charge in [-0.25, -0.2) is 4.99 Å². The highest BCUT2D eigenvalue weighted by atomic mass is 16.5. The van der Waals surface area contributed by atoms with Crippen molar-refractivity contribution in [2.75, 3.05) is 59.1 Å². The van der Waals surface area contributed by atoms with Crippen LogP contribution in [0.5, 0.6) is 5.75 Å². The highest BCUT2D eigenvalue weighted by Gasteiger charge is 2.30. The minimum absolute atomic E-state index is 0.596. The molecular formula is C20H32N4O2. The van der Waals surface area contributed by atoms with E-state index < -0.39 is 0 Å². The molecule has 6 nitrogen and oxygen atoms in total. The maximum Gasteiger partial charge on any atom is 0.194 e. The van der Waals surface area contributed by atoms with Crippen molar-refractivity contribution in [1.29, 1.82) is 0 Å². The largest absolute Gasteiger partial charge is 0.492 e. The lowest BCUT2D eigenvalue weighted by molar-refractivity contribution is 0.0195. The van der Waals surface area contributed by atoms with E-state index in [1.165, 1.54) is 12.0 Å². The Morgan fingerprint density at radius 2 is 2.00 bits per heavy atom. The van der Waals surface area contributed by atoms with Gasteiger partial charge in [-0.1, -0.05) is 17.7 Å². The summed E-state index contributed by atoms with van der Waals surface area (Å²) in [6, 6.07) is 8.78. The first-order valence-corrected chi connectivity index (χ1v) is 9.81. The summed E-state index contributed by atoms with van der Waals surface area (Å²) in [5.41, 5.74) is 1.24. The van der Waals surface area contributed by atoms with Crippen molar-refractivity contribution in [3.8, 4) is 5.75 Å².